The first kappa shape index (κ1) is 29.1. The predicted octanol–water partition coefficient (Wildman–Crippen LogP) is 6.31. The number of rotatable bonds is 10. The summed E-state index contributed by atoms with van der Waals surface area (Å²) in [7, 11) is 0. The van der Waals surface area contributed by atoms with Gasteiger partial charge in [0.15, 0.2) is 4.80 Å². The highest BCUT2D eigenvalue weighted by Crippen LogP contribution is 2.32. The van der Waals surface area contributed by atoms with Crippen LogP contribution in [0, 0.1) is 5.92 Å². The number of hydrogen-bond acceptors (Lipinski definition) is 6. The summed E-state index contributed by atoms with van der Waals surface area (Å²) in [5.74, 6) is 0.435. The molecule has 0 spiro atoms. The monoisotopic (exact) mass is 586 g/mol. The average Bonchev–Trinajstić information content (AvgIpc) is 3.21. The number of fused-ring (bicyclic) bond motifs is 1. The molecule has 0 saturated carbocycles. The number of carbonyl (C=O) groups is 1. The van der Waals surface area contributed by atoms with E-state index in [2.05, 4.69) is 11.9 Å². The van der Waals surface area contributed by atoms with Crippen LogP contribution in [0.3, 0.4) is 0 Å². The fourth-order valence-electron chi connectivity index (χ4n) is 4.26. The summed E-state index contributed by atoms with van der Waals surface area (Å²) in [5, 5.41) is 0.840. The van der Waals surface area contributed by atoms with E-state index in [4.69, 9.17) is 32.7 Å². The van der Waals surface area contributed by atoms with E-state index >= 15 is 0 Å². The minimum atomic E-state index is -0.689. The third-order valence-electron chi connectivity index (χ3n) is 6.24. The molecule has 4 rings (SSSR count). The van der Waals surface area contributed by atoms with Crippen LogP contribution in [0.1, 0.15) is 64.1 Å². The summed E-state index contributed by atoms with van der Waals surface area (Å²) in [5.41, 5.74) is 2.13. The molecule has 1 aliphatic rings. The molecule has 0 saturated heterocycles. The molecule has 39 heavy (non-hydrogen) atoms. The van der Waals surface area contributed by atoms with E-state index in [1.54, 1.807) is 35.8 Å². The van der Waals surface area contributed by atoms with Crippen LogP contribution in [-0.2, 0) is 9.53 Å². The van der Waals surface area contributed by atoms with Crippen LogP contribution in [0.4, 0.5) is 0 Å². The van der Waals surface area contributed by atoms with Gasteiger partial charge in [0.05, 0.1) is 45.1 Å². The maximum absolute atomic E-state index is 13.8. The molecule has 9 heteroatoms. The number of halogens is 2. The molecule has 6 nitrogen and oxygen atoms in total. The number of unbranched alkanes of at least 4 members (excludes halogenated alkanes) is 2. The lowest BCUT2D eigenvalue weighted by Gasteiger charge is -2.25. The third kappa shape index (κ3) is 6.83. The Morgan fingerprint density at radius 3 is 2.54 bits per heavy atom. The van der Waals surface area contributed by atoms with E-state index in [0.717, 1.165) is 36.1 Å². The first-order valence-electron chi connectivity index (χ1n) is 13.1. The zero-order valence-corrected chi connectivity index (χ0v) is 24.8. The van der Waals surface area contributed by atoms with Crippen molar-refractivity contribution in [3.8, 4) is 5.75 Å². The molecule has 1 unspecified atom stereocenters. The Balaban J connectivity index is 1.79. The number of nitrogens with zero attached hydrogens (tertiary/aromatic N) is 2. The number of carbonyl (C=O) groups excluding carboxylic acids is 1. The summed E-state index contributed by atoms with van der Waals surface area (Å²) < 4.78 is 13.5. The van der Waals surface area contributed by atoms with Gasteiger partial charge in [0.25, 0.3) is 5.56 Å². The maximum Gasteiger partial charge on any atom is 0.338 e. The normalized spacial score (nSPS) is 15.4. The lowest BCUT2D eigenvalue weighted by Crippen LogP contribution is -2.40. The van der Waals surface area contributed by atoms with Crippen molar-refractivity contribution in [3.63, 3.8) is 0 Å². The summed E-state index contributed by atoms with van der Waals surface area (Å²) in [4.78, 5) is 32.3. The molecule has 2 heterocycles. The van der Waals surface area contributed by atoms with Crippen LogP contribution >= 0.6 is 34.5 Å². The van der Waals surface area contributed by atoms with Gasteiger partial charge in [0.1, 0.15) is 5.75 Å². The Labute approximate surface area is 242 Å². The SMILES string of the molecule is CCCCCOc1ccc(C2C(C(=O)OCC(C)C)=C(C)N=c3sc(=Cc4ccc(Cl)c(Cl)c4)c(=O)n32)cc1. The number of benzene rings is 2. The van der Waals surface area contributed by atoms with Crippen LogP contribution in [0.2, 0.25) is 10.0 Å². The summed E-state index contributed by atoms with van der Waals surface area (Å²) in [6.45, 7) is 8.79. The molecular formula is C30H32Cl2N2O4S. The van der Waals surface area contributed by atoms with Gasteiger partial charge in [0.2, 0.25) is 0 Å². The van der Waals surface area contributed by atoms with Crippen LogP contribution in [0.25, 0.3) is 6.08 Å². The van der Waals surface area contributed by atoms with Gasteiger partial charge in [-0.1, -0.05) is 86.4 Å². The quantitative estimate of drug-likeness (QED) is 0.206. The number of hydrogen-bond donors (Lipinski definition) is 0. The largest absolute Gasteiger partial charge is 0.494 e. The van der Waals surface area contributed by atoms with E-state index in [1.807, 2.05) is 38.1 Å². The molecule has 1 aliphatic heterocycles. The molecule has 0 aliphatic carbocycles. The summed E-state index contributed by atoms with van der Waals surface area (Å²) in [6.07, 6.45) is 4.98. The average molecular weight is 588 g/mol. The molecule has 206 valence electrons. The number of allylic oxidation sites excluding steroid dienone is 1. The molecule has 0 radical (unpaired) electrons. The van der Waals surface area contributed by atoms with Crippen LogP contribution in [-0.4, -0.2) is 23.8 Å². The van der Waals surface area contributed by atoms with Crippen molar-refractivity contribution in [1.82, 2.24) is 4.57 Å². The minimum absolute atomic E-state index is 0.171. The van der Waals surface area contributed by atoms with Crippen LogP contribution in [0.15, 0.2) is 63.5 Å². The fourth-order valence-corrected chi connectivity index (χ4v) is 5.61. The molecule has 2 aromatic carbocycles. The van der Waals surface area contributed by atoms with Gasteiger partial charge in [0, 0.05) is 0 Å². The fraction of sp³-hybridized carbons (Fsp3) is 0.367. The van der Waals surface area contributed by atoms with Crippen molar-refractivity contribution in [3.05, 3.63) is 94.6 Å². The number of ether oxygens (including phenoxy) is 2. The molecular weight excluding hydrogens is 555 g/mol. The van der Waals surface area contributed by atoms with Crippen LogP contribution in [0.5, 0.6) is 5.75 Å². The summed E-state index contributed by atoms with van der Waals surface area (Å²) >= 11 is 13.5. The second-order valence-electron chi connectivity index (χ2n) is 9.87. The van der Waals surface area contributed by atoms with Crippen molar-refractivity contribution < 1.29 is 14.3 Å². The van der Waals surface area contributed by atoms with Crippen molar-refractivity contribution >= 4 is 46.6 Å². The van der Waals surface area contributed by atoms with Gasteiger partial charge in [-0.15, -0.1) is 0 Å². The topological polar surface area (TPSA) is 69.9 Å². The first-order chi connectivity index (χ1) is 18.7. The Morgan fingerprint density at radius 1 is 1.13 bits per heavy atom. The molecule has 0 amide bonds. The predicted molar refractivity (Wildman–Crippen MR) is 157 cm³/mol. The van der Waals surface area contributed by atoms with Crippen molar-refractivity contribution in [2.45, 2.75) is 53.0 Å². The molecule has 1 atom stereocenters. The number of aromatic nitrogens is 1. The Bertz CT molecular complexity index is 1550. The Hall–Kier alpha value is -2.87. The van der Waals surface area contributed by atoms with Gasteiger partial charge < -0.3 is 9.47 Å². The lowest BCUT2D eigenvalue weighted by atomic mass is 9.96. The summed E-state index contributed by atoms with van der Waals surface area (Å²) in [6, 6.07) is 12.0. The standard InChI is InChI=1S/C30H32Cl2N2O4S/c1-5-6-7-14-37-22-11-9-21(10-12-22)27-26(29(36)38-17-18(2)3)19(4)33-30-34(27)28(35)25(39-30)16-20-8-13-23(31)24(32)15-20/h8-13,15-16,18,27H,5-7,14,17H2,1-4H3. The first-order valence-corrected chi connectivity index (χ1v) is 14.6. The lowest BCUT2D eigenvalue weighted by molar-refractivity contribution is -0.140. The Kier molecular flexibility index (Phi) is 9.70. The maximum atomic E-state index is 13.8. The van der Waals surface area contributed by atoms with Crippen LogP contribution < -0.4 is 19.6 Å². The second kappa shape index (κ2) is 13.0. The number of thiazole rings is 1. The smallest absolute Gasteiger partial charge is 0.338 e. The highest BCUT2D eigenvalue weighted by Gasteiger charge is 2.33. The molecule has 0 N–H and O–H groups in total. The number of esters is 1. The van der Waals surface area contributed by atoms with E-state index in [-0.39, 0.29) is 18.1 Å². The van der Waals surface area contributed by atoms with Crippen molar-refractivity contribution in [2.24, 2.45) is 10.9 Å². The zero-order valence-electron chi connectivity index (χ0n) is 22.5. The Morgan fingerprint density at radius 2 is 1.87 bits per heavy atom. The van der Waals surface area contributed by atoms with E-state index in [1.165, 1.54) is 11.3 Å². The highest BCUT2D eigenvalue weighted by atomic mass is 35.5. The van der Waals surface area contributed by atoms with E-state index in [0.29, 0.717) is 37.3 Å². The van der Waals surface area contributed by atoms with Gasteiger partial charge in [-0.05, 0) is 60.7 Å². The van der Waals surface area contributed by atoms with Gasteiger partial charge >= 0.3 is 5.97 Å². The van der Waals surface area contributed by atoms with E-state index in [9.17, 15) is 9.59 Å². The molecule has 1 aromatic heterocycles. The third-order valence-corrected chi connectivity index (χ3v) is 7.97. The molecule has 3 aromatic rings. The highest BCUT2D eigenvalue weighted by molar-refractivity contribution is 7.07. The van der Waals surface area contributed by atoms with Crippen molar-refractivity contribution in [2.75, 3.05) is 13.2 Å². The second-order valence-corrected chi connectivity index (χ2v) is 11.7. The van der Waals surface area contributed by atoms with Crippen molar-refractivity contribution in [1.29, 1.82) is 0 Å². The van der Waals surface area contributed by atoms with Gasteiger partial charge in [-0.3, -0.25) is 9.36 Å². The van der Waals surface area contributed by atoms with E-state index < -0.39 is 12.0 Å². The van der Waals surface area contributed by atoms with Gasteiger partial charge in [-0.2, -0.15) is 0 Å². The molecule has 0 fully saturated rings. The molecule has 0 bridgehead atoms. The zero-order chi connectivity index (χ0) is 28.1. The minimum Gasteiger partial charge on any atom is -0.494 e. The van der Waals surface area contributed by atoms with Gasteiger partial charge in [-0.25, -0.2) is 9.79 Å².